The Hall–Kier alpha value is -1.59. The van der Waals surface area contributed by atoms with E-state index in [1.54, 1.807) is 0 Å². The summed E-state index contributed by atoms with van der Waals surface area (Å²) in [4.78, 5) is 11.8. The smallest absolute Gasteiger partial charge is 0.419 e. The van der Waals surface area contributed by atoms with Crippen LogP contribution >= 0.6 is 0 Å². The zero-order valence-electron chi connectivity index (χ0n) is 17.5. The number of ether oxygens (including phenoxy) is 1. The van der Waals surface area contributed by atoms with Crippen LogP contribution in [0.1, 0.15) is 106 Å². The standard InChI is InChI=1S/C23H34F4O2/c1-2-3-4-5-6-7-8-9-10-11-12-13-14-18-29-22(28)19-16-15-17-20(21(19)24)23(25,26)27/h15-17H,2-14,18H2,1H3. The van der Waals surface area contributed by atoms with E-state index in [0.29, 0.717) is 12.5 Å². The summed E-state index contributed by atoms with van der Waals surface area (Å²) in [5, 5.41) is 0. The molecule has 2 nitrogen and oxygen atoms in total. The first-order chi connectivity index (χ1) is 13.9. The Kier molecular flexibility index (Phi) is 12.6. The Balaban J connectivity index is 2.08. The van der Waals surface area contributed by atoms with Crippen molar-refractivity contribution in [1.82, 2.24) is 0 Å². The lowest BCUT2D eigenvalue weighted by atomic mass is 10.0. The molecule has 166 valence electrons. The van der Waals surface area contributed by atoms with Crippen molar-refractivity contribution in [1.29, 1.82) is 0 Å². The van der Waals surface area contributed by atoms with Crippen LogP contribution in [0.4, 0.5) is 17.6 Å². The van der Waals surface area contributed by atoms with Gasteiger partial charge in [0.15, 0.2) is 0 Å². The molecular weight excluding hydrogens is 384 g/mol. The van der Waals surface area contributed by atoms with Crippen molar-refractivity contribution < 1.29 is 27.1 Å². The number of hydrogen-bond donors (Lipinski definition) is 0. The van der Waals surface area contributed by atoms with Crippen molar-refractivity contribution in [2.24, 2.45) is 0 Å². The summed E-state index contributed by atoms with van der Waals surface area (Å²) in [5.41, 5.74) is -2.12. The third-order valence-corrected chi connectivity index (χ3v) is 5.01. The minimum Gasteiger partial charge on any atom is -0.462 e. The monoisotopic (exact) mass is 418 g/mol. The molecule has 0 atom stereocenters. The summed E-state index contributed by atoms with van der Waals surface area (Å²) in [6.07, 6.45) is 10.5. The highest BCUT2D eigenvalue weighted by molar-refractivity contribution is 5.90. The SMILES string of the molecule is CCCCCCCCCCCCCCCOC(=O)c1cccc(C(F)(F)F)c1F. The number of halogens is 4. The van der Waals surface area contributed by atoms with Gasteiger partial charge in [0.05, 0.1) is 17.7 Å². The third-order valence-electron chi connectivity index (χ3n) is 5.01. The molecule has 1 aromatic carbocycles. The van der Waals surface area contributed by atoms with Crippen LogP contribution in [-0.2, 0) is 10.9 Å². The van der Waals surface area contributed by atoms with E-state index >= 15 is 0 Å². The lowest BCUT2D eigenvalue weighted by Crippen LogP contribution is -2.14. The summed E-state index contributed by atoms with van der Waals surface area (Å²) in [7, 11) is 0. The van der Waals surface area contributed by atoms with Gasteiger partial charge in [-0.3, -0.25) is 0 Å². The maximum atomic E-state index is 13.9. The molecule has 6 heteroatoms. The van der Waals surface area contributed by atoms with E-state index in [4.69, 9.17) is 4.74 Å². The van der Waals surface area contributed by atoms with Crippen LogP contribution in [-0.4, -0.2) is 12.6 Å². The van der Waals surface area contributed by atoms with Gasteiger partial charge >= 0.3 is 12.1 Å². The Morgan fingerprint density at radius 3 is 1.79 bits per heavy atom. The Bertz CT molecular complexity index is 585. The zero-order valence-corrected chi connectivity index (χ0v) is 17.5. The average Bonchev–Trinajstić information content (AvgIpc) is 2.67. The van der Waals surface area contributed by atoms with Crippen LogP contribution in [0.3, 0.4) is 0 Å². The van der Waals surface area contributed by atoms with Crippen molar-refractivity contribution in [2.75, 3.05) is 6.61 Å². The zero-order chi connectivity index (χ0) is 21.5. The number of benzene rings is 1. The van der Waals surface area contributed by atoms with Crippen molar-refractivity contribution in [3.8, 4) is 0 Å². The number of rotatable bonds is 15. The molecule has 0 amide bonds. The topological polar surface area (TPSA) is 26.3 Å². The van der Waals surface area contributed by atoms with Crippen molar-refractivity contribution >= 4 is 5.97 Å². The number of alkyl halides is 3. The van der Waals surface area contributed by atoms with Crippen LogP contribution in [0.15, 0.2) is 18.2 Å². The summed E-state index contributed by atoms with van der Waals surface area (Å²) < 4.78 is 56.9. The predicted molar refractivity (Wildman–Crippen MR) is 107 cm³/mol. The molecule has 0 N–H and O–H groups in total. The normalized spacial score (nSPS) is 11.6. The largest absolute Gasteiger partial charge is 0.462 e. The van der Waals surface area contributed by atoms with Crippen LogP contribution in [0.2, 0.25) is 0 Å². The second-order valence-corrected chi connectivity index (χ2v) is 7.54. The number of unbranched alkanes of at least 4 members (excludes halogenated alkanes) is 12. The molecule has 0 fully saturated rings. The first kappa shape index (κ1) is 25.4. The van der Waals surface area contributed by atoms with E-state index < -0.39 is 29.1 Å². The fourth-order valence-electron chi connectivity index (χ4n) is 3.27. The van der Waals surface area contributed by atoms with Gasteiger partial charge in [-0.25, -0.2) is 9.18 Å². The number of esters is 1. The summed E-state index contributed by atoms with van der Waals surface area (Å²) >= 11 is 0. The highest BCUT2D eigenvalue weighted by Gasteiger charge is 2.35. The van der Waals surface area contributed by atoms with Crippen LogP contribution in [0.25, 0.3) is 0 Å². The fourth-order valence-corrected chi connectivity index (χ4v) is 3.27. The van der Waals surface area contributed by atoms with Crippen LogP contribution in [0, 0.1) is 5.82 Å². The van der Waals surface area contributed by atoms with E-state index in [2.05, 4.69) is 6.92 Å². The third kappa shape index (κ3) is 10.7. The summed E-state index contributed by atoms with van der Waals surface area (Å²) in [5.74, 6) is -2.62. The van der Waals surface area contributed by atoms with E-state index in [-0.39, 0.29) is 6.61 Å². The molecule has 0 radical (unpaired) electrons. The van der Waals surface area contributed by atoms with Gasteiger partial charge in [-0.2, -0.15) is 13.2 Å². The summed E-state index contributed by atoms with van der Waals surface area (Å²) in [6.45, 7) is 2.31. The van der Waals surface area contributed by atoms with Gasteiger partial charge in [-0.1, -0.05) is 90.0 Å². The molecule has 0 aromatic heterocycles. The molecule has 1 rings (SSSR count). The van der Waals surface area contributed by atoms with Gasteiger partial charge in [-0.15, -0.1) is 0 Å². The minimum absolute atomic E-state index is 0.0896. The lowest BCUT2D eigenvalue weighted by Gasteiger charge is -2.11. The molecule has 1 aromatic rings. The molecule has 0 saturated heterocycles. The Morgan fingerprint density at radius 2 is 1.31 bits per heavy atom. The second kappa shape index (κ2) is 14.4. The van der Waals surface area contributed by atoms with Gasteiger partial charge in [0.25, 0.3) is 0 Å². The Labute approximate surface area is 172 Å². The molecule has 0 aliphatic heterocycles. The van der Waals surface area contributed by atoms with Crippen LogP contribution < -0.4 is 0 Å². The van der Waals surface area contributed by atoms with E-state index in [0.717, 1.165) is 31.4 Å². The van der Waals surface area contributed by atoms with E-state index in [9.17, 15) is 22.4 Å². The molecule has 0 aliphatic carbocycles. The van der Waals surface area contributed by atoms with Gasteiger partial charge in [0.2, 0.25) is 0 Å². The molecule has 0 spiro atoms. The molecule has 0 bridgehead atoms. The van der Waals surface area contributed by atoms with Gasteiger partial charge in [0.1, 0.15) is 5.82 Å². The molecule has 29 heavy (non-hydrogen) atoms. The van der Waals surface area contributed by atoms with E-state index in [1.165, 1.54) is 57.8 Å². The van der Waals surface area contributed by atoms with Gasteiger partial charge in [0, 0.05) is 0 Å². The quantitative estimate of drug-likeness (QED) is 0.163. The van der Waals surface area contributed by atoms with Gasteiger partial charge in [-0.05, 0) is 18.6 Å². The molecule has 0 aliphatic rings. The Morgan fingerprint density at radius 1 is 0.828 bits per heavy atom. The summed E-state index contributed by atoms with van der Waals surface area (Å²) in [6, 6.07) is 2.63. The van der Waals surface area contributed by atoms with Crippen molar-refractivity contribution in [3.63, 3.8) is 0 Å². The van der Waals surface area contributed by atoms with Crippen molar-refractivity contribution in [3.05, 3.63) is 35.1 Å². The first-order valence-electron chi connectivity index (χ1n) is 10.9. The van der Waals surface area contributed by atoms with Crippen LogP contribution in [0.5, 0.6) is 0 Å². The number of carbonyl (C=O) groups excluding carboxylic acids is 1. The van der Waals surface area contributed by atoms with E-state index in [1.807, 2.05) is 0 Å². The van der Waals surface area contributed by atoms with Crippen molar-refractivity contribution in [2.45, 2.75) is 96.6 Å². The minimum atomic E-state index is -4.84. The maximum absolute atomic E-state index is 13.9. The predicted octanol–water partition coefficient (Wildman–Crippen LogP) is 8.09. The maximum Gasteiger partial charge on any atom is 0.419 e. The average molecular weight is 419 g/mol. The molecule has 0 heterocycles. The van der Waals surface area contributed by atoms with Gasteiger partial charge < -0.3 is 4.74 Å². The molecule has 0 saturated carbocycles. The molecule has 0 unspecified atom stereocenters. The second-order valence-electron chi connectivity index (χ2n) is 7.54. The fraction of sp³-hybridized carbons (Fsp3) is 0.696. The highest BCUT2D eigenvalue weighted by atomic mass is 19.4. The number of hydrogen-bond acceptors (Lipinski definition) is 2. The first-order valence-corrected chi connectivity index (χ1v) is 10.9. The number of carbonyl (C=O) groups is 1. The lowest BCUT2D eigenvalue weighted by molar-refractivity contribution is -0.140. The molecular formula is C23H34F4O2. The highest BCUT2D eigenvalue weighted by Crippen LogP contribution is 2.32.